The van der Waals surface area contributed by atoms with Crippen molar-refractivity contribution in [2.75, 3.05) is 25.0 Å². The molecule has 1 aromatic rings. The van der Waals surface area contributed by atoms with Crippen LogP contribution in [-0.4, -0.2) is 47.4 Å². The molecule has 6 heteroatoms. The minimum absolute atomic E-state index is 0.0131. The number of carbonyl (C=O) groups is 2. The van der Waals surface area contributed by atoms with Crippen molar-refractivity contribution < 1.29 is 9.59 Å². The molecule has 0 aromatic carbocycles. The number of carbonyl (C=O) groups excluding carboxylic acids is 2. The molecule has 0 spiro atoms. The van der Waals surface area contributed by atoms with Gasteiger partial charge in [0.15, 0.2) is 0 Å². The van der Waals surface area contributed by atoms with Crippen molar-refractivity contribution in [3.05, 3.63) is 23.9 Å². The Morgan fingerprint density at radius 2 is 1.93 bits per heavy atom. The predicted molar refractivity (Wildman–Crippen MR) is 111 cm³/mol. The standard InChI is InChI=1S/C22H34N4O2/c1-15-7-10-23-20(13-15)25-22(28)18-8-11-26(12-9-18)14-21(27)24-19-6-4-5-16(2)17(19)3/h7,10,13,16-19H,4-6,8-9,11-12,14H2,1-3H3,(H,24,27)(H,23,25,28). The van der Waals surface area contributed by atoms with E-state index in [0.717, 1.165) is 37.9 Å². The molecule has 2 N–H and O–H groups in total. The molecule has 1 aliphatic heterocycles. The maximum atomic E-state index is 12.5. The molecule has 3 rings (SSSR count). The SMILES string of the molecule is Cc1ccnc(NC(=O)C2CCN(CC(=O)NC3CCCC(C)C3C)CC2)c1. The van der Waals surface area contributed by atoms with E-state index in [9.17, 15) is 9.59 Å². The first kappa shape index (κ1) is 20.8. The van der Waals surface area contributed by atoms with Crippen LogP contribution in [0.4, 0.5) is 5.82 Å². The van der Waals surface area contributed by atoms with Crippen LogP contribution in [0.1, 0.15) is 51.5 Å². The van der Waals surface area contributed by atoms with E-state index in [1.807, 2.05) is 19.1 Å². The Morgan fingerprint density at radius 3 is 2.64 bits per heavy atom. The topological polar surface area (TPSA) is 74.3 Å². The lowest BCUT2D eigenvalue weighted by molar-refractivity contribution is -0.124. The van der Waals surface area contributed by atoms with Gasteiger partial charge >= 0.3 is 0 Å². The summed E-state index contributed by atoms with van der Waals surface area (Å²) in [5.74, 6) is 1.98. The first-order chi connectivity index (χ1) is 13.4. The molecular weight excluding hydrogens is 352 g/mol. The molecule has 2 heterocycles. The highest BCUT2D eigenvalue weighted by atomic mass is 16.2. The molecule has 28 heavy (non-hydrogen) atoms. The van der Waals surface area contributed by atoms with Crippen LogP contribution in [0.2, 0.25) is 0 Å². The van der Waals surface area contributed by atoms with Crippen LogP contribution in [0.3, 0.4) is 0 Å². The number of hydrogen-bond acceptors (Lipinski definition) is 4. The highest BCUT2D eigenvalue weighted by Crippen LogP contribution is 2.29. The Morgan fingerprint density at radius 1 is 1.18 bits per heavy atom. The Labute approximate surface area is 168 Å². The maximum absolute atomic E-state index is 12.5. The molecule has 1 saturated carbocycles. The van der Waals surface area contributed by atoms with Crippen LogP contribution < -0.4 is 10.6 Å². The second-order valence-corrected chi connectivity index (χ2v) is 8.70. The van der Waals surface area contributed by atoms with Crippen molar-refractivity contribution in [3.8, 4) is 0 Å². The summed E-state index contributed by atoms with van der Waals surface area (Å²) in [5.41, 5.74) is 1.08. The summed E-state index contributed by atoms with van der Waals surface area (Å²) >= 11 is 0. The fraction of sp³-hybridized carbons (Fsp3) is 0.682. The molecule has 2 aliphatic rings. The molecular formula is C22H34N4O2. The highest BCUT2D eigenvalue weighted by Gasteiger charge is 2.30. The van der Waals surface area contributed by atoms with Gasteiger partial charge in [-0.2, -0.15) is 0 Å². The molecule has 3 atom stereocenters. The van der Waals surface area contributed by atoms with Gasteiger partial charge in [0, 0.05) is 18.2 Å². The number of likely N-dealkylation sites (tertiary alicyclic amines) is 1. The zero-order valence-electron chi connectivity index (χ0n) is 17.4. The van der Waals surface area contributed by atoms with Gasteiger partial charge < -0.3 is 10.6 Å². The average molecular weight is 387 g/mol. The van der Waals surface area contributed by atoms with Gasteiger partial charge in [-0.25, -0.2) is 4.98 Å². The number of nitrogens with zero attached hydrogens (tertiary/aromatic N) is 2. The molecule has 1 aliphatic carbocycles. The molecule has 6 nitrogen and oxygen atoms in total. The number of aryl methyl sites for hydroxylation is 1. The van der Waals surface area contributed by atoms with Crippen LogP contribution in [0.15, 0.2) is 18.3 Å². The molecule has 1 aromatic heterocycles. The van der Waals surface area contributed by atoms with Crippen molar-refractivity contribution in [2.45, 2.75) is 58.9 Å². The van der Waals surface area contributed by atoms with Crippen LogP contribution in [0.5, 0.6) is 0 Å². The summed E-state index contributed by atoms with van der Waals surface area (Å²) in [6, 6.07) is 4.10. The Bertz CT molecular complexity index is 685. The van der Waals surface area contributed by atoms with E-state index in [4.69, 9.17) is 0 Å². The quantitative estimate of drug-likeness (QED) is 0.816. The van der Waals surface area contributed by atoms with E-state index in [1.165, 1.54) is 12.8 Å². The summed E-state index contributed by atoms with van der Waals surface area (Å²) in [4.78, 5) is 31.3. The van der Waals surface area contributed by atoms with Gasteiger partial charge in [0.05, 0.1) is 6.54 Å². The summed E-state index contributed by atoms with van der Waals surface area (Å²) in [5, 5.41) is 6.17. The Kier molecular flexibility index (Phi) is 7.05. The minimum Gasteiger partial charge on any atom is -0.352 e. The number of amides is 2. The van der Waals surface area contributed by atoms with Crippen LogP contribution in [0.25, 0.3) is 0 Å². The fourth-order valence-corrected chi connectivity index (χ4v) is 4.43. The predicted octanol–water partition coefficient (Wildman–Crippen LogP) is 2.98. The zero-order chi connectivity index (χ0) is 20.1. The van der Waals surface area contributed by atoms with E-state index >= 15 is 0 Å². The number of hydrogen-bond donors (Lipinski definition) is 2. The van der Waals surface area contributed by atoms with Crippen LogP contribution >= 0.6 is 0 Å². The summed E-state index contributed by atoms with van der Waals surface area (Å²) in [6.45, 7) is 8.51. The second-order valence-electron chi connectivity index (χ2n) is 8.70. The fourth-order valence-electron chi connectivity index (χ4n) is 4.43. The minimum atomic E-state index is -0.0131. The van der Waals surface area contributed by atoms with E-state index in [-0.39, 0.29) is 17.7 Å². The van der Waals surface area contributed by atoms with Gasteiger partial charge in [-0.3, -0.25) is 14.5 Å². The van der Waals surface area contributed by atoms with E-state index < -0.39 is 0 Å². The molecule has 154 valence electrons. The third-order valence-corrected chi connectivity index (χ3v) is 6.55. The number of rotatable bonds is 5. The zero-order valence-corrected chi connectivity index (χ0v) is 17.4. The monoisotopic (exact) mass is 386 g/mol. The van der Waals surface area contributed by atoms with E-state index in [0.29, 0.717) is 30.2 Å². The van der Waals surface area contributed by atoms with Crippen molar-refractivity contribution in [2.24, 2.45) is 17.8 Å². The largest absolute Gasteiger partial charge is 0.352 e. The Hall–Kier alpha value is -1.95. The first-order valence-corrected chi connectivity index (χ1v) is 10.7. The molecule has 0 radical (unpaired) electrons. The third-order valence-electron chi connectivity index (χ3n) is 6.55. The summed E-state index contributed by atoms with van der Waals surface area (Å²) in [6.07, 6.45) is 6.82. The second kappa shape index (κ2) is 9.50. The van der Waals surface area contributed by atoms with Gasteiger partial charge in [-0.1, -0.05) is 26.7 Å². The van der Waals surface area contributed by atoms with Crippen molar-refractivity contribution in [1.82, 2.24) is 15.2 Å². The molecule has 2 fully saturated rings. The summed E-state index contributed by atoms with van der Waals surface area (Å²) < 4.78 is 0. The lowest BCUT2D eigenvalue weighted by Gasteiger charge is -2.36. The third kappa shape index (κ3) is 5.53. The number of anilines is 1. The smallest absolute Gasteiger partial charge is 0.234 e. The van der Waals surface area contributed by atoms with Crippen molar-refractivity contribution in [3.63, 3.8) is 0 Å². The number of pyridine rings is 1. The molecule has 1 saturated heterocycles. The van der Waals surface area contributed by atoms with Gasteiger partial charge in [-0.15, -0.1) is 0 Å². The van der Waals surface area contributed by atoms with Gasteiger partial charge in [0.25, 0.3) is 0 Å². The van der Waals surface area contributed by atoms with E-state index in [1.54, 1.807) is 6.20 Å². The van der Waals surface area contributed by atoms with Crippen molar-refractivity contribution >= 4 is 17.6 Å². The first-order valence-electron chi connectivity index (χ1n) is 10.7. The van der Waals surface area contributed by atoms with Crippen LogP contribution in [-0.2, 0) is 9.59 Å². The maximum Gasteiger partial charge on any atom is 0.234 e. The van der Waals surface area contributed by atoms with Crippen LogP contribution in [0, 0.1) is 24.7 Å². The number of aromatic nitrogens is 1. The number of piperidine rings is 1. The normalized spacial score (nSPS) is 26.6. The highest BCUT2D eigenvalue weighted by molar-refractivity contribution is 5.91. The van der Waals surface area contributed by atoms with Crippen molar-refractivity contribution in [1.29, 1.82) is 0 Å². The molecule has 2 amide bonds. The average Bonchev–Trinajstić information content (AvgIpc) is 2.66. The lowest BCUT2D eigenvalue weighted by Crippen LogP contribution is -2.49. The molecule has 0 bridgehead atoms. The Balaban J connectivity index is 1.41. The van der Waals surface area contributed by atoms with Gasteiger partial charge in [0.2, 0.25) is 11.8 Å². The molecule has 3 unspecified atom stereocenters. The van der Waals surface area contributed by atoms with Gasteiger partial charge in [0.1, 0.15) is 5.82 Å². The van der Waals surface area contributed by atoms with E-state index in [2.05, 4.69) is 34.4 Å². The summed E-state index contributed by atoms with van der Waals surface area (Å²) in [7, 11) is 0. The van der Waals surface area contributed by atoms with Gasteiger partial charge in [-0.05, 0) is 68.8 Å². The number of nitrogens with one attached hydrogen (secondary N) is 2. The lowest BCUT2D eigenvalue weighted by atomic mass is 9.78.